The number of amides is 4. The lowest BCUT2D eigenvalue weighted by molar-refractivity contribution is -0.144. The summed E-state index contributed by atoms with van der Waals surface area (Å²) >= 11 is 0. The molecule has 170 valence electrons. The summed E-state index contributed by atoms with van der Waals surface area (Å²) < 4.78 is 0. The van der Waals surface area contributed by atoms with E-state index in [4.69, 9.17) is 10.8 Å². The quantitative estimate of drug-likeness (QED) is 0.172. The Kier molecular flexibility index (Phi) is 10.2. The monoisotopic (exact) mass is 429 g/mol. The maximum atomic E-state index is 12.6. The van der Waals surface area contributed by atoms with E-state index in [9.17, 15) is 29.1 Å². The Hall–Kier alpha value is -2.73. The molecule has 0 saturated carbocycles. The van der Waals surface area contributed by atoms with Crippen LogP contribution in [0.4, 0.5) is 0 Å². The van der Waals surface area contributed by atoms with Crippen molar-refractivity contribution in [2.24, 2.45) is 11.7 Å². The van der Waals surface area contributed by atoms with Crippen molar-refractivity contribution in [2.75, 3.05) is 13.2 Å². The molecule has 5 unspecified atom stereocenters. The number of aliphatic hydroxyl groups is 1. The molecular weight excluding hydrogens is 398 g/mol. The Labute approximate surface area is 174 Å². The van der Waals surface area contributed by atoms with Crippen LogP contribution in [0.2, 0.25) is 0 Å². The average Bonchev–Trinajstić information content (AvgIpc) is 3.23. The lowest BCUT2D eigenvalue weighted by Crippen LogP contribution is -2.59. The molecule has 12 nitrogen and oxygen atoms in total. The first kappa shape index (κ1) is 25.3. The molecule has 1 aliphatic rings. The Balaban J connectivity index is 2.84. The number of carbonyl (C=O) groups excluding carboxylic acids is 4. The second kappa shape index (κ2) is 12.1. The lowest BCUT2D eigenvalue weighted by atomic mass is 9.97. The number of primary amides is 1. The van der Waals surface area contributed by atoms with Crippen LogP contribution >= 0.6 is 0 Å². The molecule has 1 aliphatic heterocycles. The Morgan fingerprint density at radius 3 is 2.23 bits per heavy atom. The highest BCUT2D eigenvalue weighted by atomic mass is 16.4. The third-order valence-corrected chi connectivity index (χ3v) is 5.01. The molecule has 0 spiro atoms. The number of nitrogens with one attached hydrogen (secondary N) is 4. The summed E-state index contributed by atoms with van der Waals surface area (Å²) in [5.74, 6) is -4.78. The summed E-state index contributed by atoms with van der Waals surface area (Å²) in [5, 5.41) is 28.8. The third-order valence-electron chi connectivity index (χ3n) is 5.01. The molecule has 0 aromatic heterocycles. The van der Waals surface area contributed by atoms with Gasteiger partial charge in [0.25, 0.3) is 0 Å². The Morgan fingerprint density at radius 1 is 1.10 bits per heavy atom. The van der Waals surface area contributed by atoms with E-state index in [1.54, 1.807) is 13.8 Å². The lowest BCUT2D eigenvalue weighted by Gasteiger charge is -2.27. The minimum absolute atomic E-state index is 0.400. The number of rotatable bonds is 12. The Bertz CT molecular complexity index is 651. The number of nitrogens with two attached hydrogens (primary N) is 1. The molecule has 1 rings (SSSR count). The standard InChI is InChI=1S/C18H31N5O7/c1-3-9(2)14(17(28)21-11(18(29)30)7-13(19)25)23-16(27)12(8-24)22-15(26)10-5-4-6-20-10/h9-12,14,20,24H,3-8H2,1-2H3,(H2,19,25)(H,21,28)(H,22,26)(H,23,27)(H,29,30). The van der Waals surface area contributed by atoms with Crippen molar-refractivity contribution in [2.45, 2.75) is 63.7 Å². The van der Waals surface area contributed by atoms with E-state index in [-0.39, 0.29) is 0 Å². The third kappa shape index (κ3) is 7.59. The van der Waals surface area contributed by atoms with Crippen LogP contribution in [0.25, 0.3) is 0 Å². The van der Waals surface area contributed by atoms with Gasteiger partial charge >= 0.3 is 5.97 Å². The van der Waals surface area contributed by atoms with E-state index < -0.39 is 72.7 Å². The van der Waals surface area contributed by atoms with Crippen molar-refractivity contribution in [3.8, 4) is 0 Å². The molecule has 8 N–H and O–H groups in total. The van der Waals surface area contributed by atoms with Gasteiger partial charge in [0.2, 0.25) is 23.6 Å². The zero-order chi connectivity index (χ0) is 22.8. The molecule has 1 fully saturated rings. The zero-order valence-electron chi connectivity index (χ0n) is 17.1. The number of hydrogen-bond donors (Lipinski definition) is 7. The van der Waals surface area contributed by atoms with E-state index in [2.05, 4.69) is 21.3 Å². The van der Waals surface area contributed by atoms with Gasteiger partial charge in [0.05, 0.1) is 19.1 Å². The Morgan fingerprint density at radius 2 is 1.77 bits per heavy atom. The van der Waals surface area contributed by atoms with Gasteiger partial charge in [-0.2, -0.15) is 0 Å². The molecule has 0 bridgehead atoms. The zero-order valence-corrected chi connectivity index (χ0v) is 17.1. The van der Waals surface area contributed by atoms with Crippen LogP contribution in [0.3, 0.4) is 0 Å². The molecule has 12 heteroatoms. The molecule has 4 amide bonds. The maximum Gasteiger partial charge on any atom is 0.326 e. The first-order valence-corrected chi connectivity index (χ1v) is 9.87. The van der Waals surface area contributed by atoms with Gasteiger partial charge in [-0.1, -0.05) is 20.3 Å². The van der Waals surface area contributed by atoms with Gasteiger partial charge in [0.15, 0.2) is 0 Å². The summed E-state index contributed by atoms with van der Waals surface area (Å²) in [7, 11) is 0. The molecule has 0 aliphatic carbocycles. The van der Waals surface area contributed by atoms with Crippen molar-refractivity contribution in [1.29, 1.82) is 0 Å². The fourth-order valence-electron chi connectivity index (χ4n) is 2.99. The van der Waals surface area contributed by atoms with Crippen LogP contribution in [-0.2, 0) is 24.0 Å². The molecule has 0 radical (unpaired) electrons. The first-order chi connectivity index (χ1) is 14.1. The molecular formula is C18H31N5O7. The van der Waals surface area contributed by atoms with E-state index >= 15 is 0 Å². The van der Waals surface area contributed by atoms with Gasteiger partial charge in [-0.3, -0.25) is 19.2 Å². The summed E-state index contributed by atoms with van der Waals surface area (Å²) in [5.41, 5.74) is 5.01. The van der Waals surface area contributed by atoms with Crippen molar-refractivity contribution in [1.82, 2.24) is 21.3 Å². The average molecular weight is 429 g/mol. The fourth-order valence-corrected chi connectivity index (χ4v) is 2.99. The predicted octanol–water partition coefficient (Wildman–Crippen LogP) is -2.81. The summed E-state index contributed by atoms with van der Waals surface area (Å²) in [6.07, 6.45) is 1.29. The van der Waals surface area contributed by atoms with Crippen LogP contribution in [0.5, 0.6) is 0 Å². The topological polar surface area (TPSA) is 200 Å². The van der Waals surface area contributed by atoms with Crippen LogP contribution < -0.4 is 27.0 Å². The van der Waals surface area contributed by atoms with Crippen molar-refractivity contribution >= 4 is 29.6 Å². The summed E-state index contributed by atoms with van der Waals surface area (Å²) in [4.78, 5) is 59.7. The largest absolute Gasteiger partial charge is 0.480 e. The molecule has 5 atom stereocenters. The molecule has 30 heavy (non-hydrogen) atoms. The van der Waals surface area contributed by atoms with E-state index in [1.165, 1.54) is 0 Å². The van der Waals surface area contributed by atoms with Gasteiger partial charge in [-0.25, -0.2) is 4.79 Å². The molecule has 0 aromatic rings. The van der Waals surface area contributed by atoms with Crippen LogP contribution in [0.15, 0.2) is 0 Å². The van der Waals surface area contributed by atoms with E-state index in [0.717, 1.165) is 6.42 Å². The van der Waals surface area contributed by atoms with Gasteiger partial charge in [0.1, 0.15) is 18.1 Å². The first-order valence-electron chi connectivity index (χ1n) is 9.87. The van der Waals surface area contributed by atoms with Crippen molar-refractivity contribution < 1.29 is 34.2 Å². The maximum absolute atomic E-state index is 12.6. The van der Waals surface area contributed by atoms with Crippen LogP contribution in [0.1, 0.15) is 39.5 Å². The normalized spacial score (nSPS) is 19.8. The summed E-state index contributed by atoms with van der Waals surface area (Å²) in [6.45, 7) is 3.44. The van der Waals surface area contributed by atoms with Gasteiger partial charge in [0, 0.05) is 0 Å². The highest BCUT2D eigenvalue weighted by Gasteiger charge is 2.33. The second-order valence-corrected chi connectivity index (χ2v) is 7.33. The van der Waals surface area contributed by atoms with Crippen LogP contribution in [-0.4, -0.2) is 77.1 Å². The fraction of sp³-hybridized carbons (Fsp3) is 0.722. The molecule has 1 heterocycles. The highest BCUT2D eigenvalue weighted by molar-refractivity contribution is 5.95. The van der Waals surface area contributed by atoms with Gasteiger partial charge in [-0.15, -0.1) is 0 Å². The van der Waals surface area contributed by atoms with Gasteiger partial charge < -0.3 is 37.2 Å². The van der Waals surface area contributed by atoms with Gasteiger partial charge in [-0.05, 0) is 25.3 Å². The number of aliphatic carboxylic acids is 1. The number of carboxylic acid groups (broad SMARTS) is 1. The number of hydrogen-bond acceptors (Lipinski definition) is 7. The number of aliphatic hydroxyl groups excluding tert-OH is 1. The van der Waals surface area contributed by atoms with E-state index in [1.807, 2.05) is 0 Å². The molecule has 0 aromatic carbocycles. The smallest absolute Gasteiger partial charge is 0.326 e. The molecule has 1 saturated heterocycles. The van der Waals surface area contributed by atoms with Crippen molar-refractivity contribution in [3.63, 3.8) is 0 Å². The van der Waals surface area contributed by atoms with Crippen molar-refractivity contribution in [3.05, 3.63) is 0 Å². The number of carbonyl (C=O) groups is 5. The van der Waals surface area contributed by atoms with E-state index in [0.29, 0.717) is 19.4 Å². The SMILES string of the molecule is CCC(C)C(NC(=O)C(CO)NC(=O)C1CCCN1)C(=O)NC(CC(N)=O)C(=O)O. The summed E-state index contributed by atoms with van der Waals surface area (Å²) in [6, 6.07) is -4.42. The second-order valence-electron chi connectivity index (χ2n) is 7.33. The highest BCUT2D eigenvalue weighted by Crippen LogP contribution is 2.10. The minimum atomic E-state index is -1.54. The minimum Gasteiger partial charge on any atom is -0.480 e. The van der Waals surface area contributed by atoms with Crippen LogP contribution in [0, 0.1) is 5.92 Å². The number of carboxylic acids is 1. The predicted molar refractivity (Wildman–Crippen MR) is 105 cm³/mol.